The van der Waals surface area contributed by atoms with Gasteiger partial charge in [-0.05, 0) is 43.9 Å². The van der Waals surface area contributed by atoms with E-state index in [1.165, 1.54) is 6.33 Å². The van der Waals surface area contributed by atoms with E-state index in [-0.39, 0.29) is 23.6 Å². The van der Waals surface area contributed by atoms with Gasteiger partial charge in [0.05, 0.1) is 12.1 Å². The Morgan fingerprint density at radius 3 is 2.64 bits per heavy atom. The van der Waals surface area contributed by atoms with Crippen LogP contribution in [0.3, 0.4) is 0 Å². The van der Waals surface area contributed by atoms with Crippen molar-refractivity contribution >= 4 is 40.5 Å². The Balaban J connectivity index is 1.36. The number of aliphatic hydroxyl groups is 2. The Morgan fingerprint density at radius 2 is 1.88 bits per heavy atom. The van der Waals surface area contributed by atoms with Gasteiger partial charge in [0.1, 0.15) is 12.6 Å². The van der Waals surface area contributed by atoms with Gasteiger partial charge in [0.15, 0.2) is 11.6 Å². The lowest BCUT2D eigenvalue weighted by Gasteiger charge is -2.41. The Bertz CT molecular complexity index is 950. The molecule has 8 nitrogen and oxygen atoms in total. The summed E-state index contributed by atoms with van der Waals surface area (Å²) < 4.78 is 14.4. The van der Waals surface area contributed by atoms with Crippen LogP contribution in [0.1, 0.15) is 25.7 Å². The summed E-state index contributed by atoms with van der Waals surface area (Å²) in [6, 6.07) is 5.06. The van der Waals surface area contributed by atoms with Crippen LogP contribution in [0.4, 0.5) is 21.7 Å². The van der Waals surface area contributed by atoms with Gasteiger partial charge in [-0.15, -0.1) is 0 Å². The fourth-order valence-electron chi connectivity index (χ4n) is 4.71. The third-order valence-electron chi connectivity index (χ3n) is 6.49. The summed E-state index contributed by atoms with van der Waals surface area (Å²) in [5.41, 5.74) is 6.35. The van der Waals surface area contributed by atoms with Gasteiger partial charge < -0.3 is 26.2 Å². The monoisotopic (exact) mass is 498 g/mol. The van der Waals surface area contributed by atoms with Crippen molar-refractivity contribution in [2.24, 2.45) is 5.92 Å². The lowest BCUT2D eigenvalue weighted by molar-refractivity contribution is -0.0391. The minimum absolute atomic E-state index is 0.0818. The first-order chi connectivity index (χ1) is 15.8. The summed E-state index contributed by atoms with van der Waals surface area (Å²) in [7, 11) is 0. The van der Waals surface area contributed by atoms with Crippen LogP contribution < -0.4 is 16.0 Å². The van der Waals surface area contributed by atoms with Crippen molar-refractivity contribution in [1.82, 2.24) is 14.9 Å². The van der Waals surface area contributed by atoms with Gasteiger partial charge in [0.2, 0.25) is 5.82 Å². The molecule has 2 aromatic rings. The fraction of sp³-hybridized carbons (Fsp3) is 0.545. The predicted molar refractivity (Wildman–Crippen MR) is 128 cm³/mol. The highest BCUT2D eigenvalue weighted by Crippen LogP contribution is 2.29. The lowest BCUT2D eigenvalue weighted by Crippen LogP contribution is -2.52. The minimum Gasteiger partial charge on any atom is -0.393 e. The highest BCUT2D eigenvalue weighted by atomic mass is 35.5. The molecule has 11 heteroatoms. The molecule has 0 amide bonds. The number of halogens is 3. The zero-order valence-corrected chi connectivity index (χ0v) is 19.7. The highest BCUT2D eigenvalue weighted by Gasteiger charge is 2.33. The van der Waals surface area contributed by atoms with E-state index in [1.54, 1.807) is 18.2 Å². The van der Waals surface area contributed by atoms with Crippen LogP contribution in [0.2, 0.25) is 10.0 Å². The Morgan fingerprint density at radius 1 is 1.12 bits per heavy atom. The van der Waals surface area contributed by atoms with Crippen molar-refractivity contribution in [3.8, 4) is 0 Å². The topological polar surface area (TPSA) is 111 Å². The van der Waals surface area contributed by atoms with Crippen LogP contribution >= 0.6 is 23.2 Å². The second kappa shape index (κ2) is 10.6. The van der Waals surface area contributed by atoms with Gasteiger partial charge in [0, 0.05) is 47.8 Å². The number of anilines is 3. The first-order valence-corrected chi connectivity index (χ1v) is 11.9. The normalized spacial score (nSPS) is 26.4. The molecule has 2 aliphatic rings. The molecule has 2 aliphatic heterocycles. The summed E-state index contributed by atoms with van der Waals surface area (Å²) >= 11 is 12.2. The van der Waals surface area contributed by atoms with E-state index >= 15 is 0 Å². The molecular formula is C22H29Cl2FN6O2. The first-order valence-electron chi connectivity index (χ1n) is 11.2. The van der Waals surface area contributed by atoms with E-state index in [0.717, 1.165) is 25.1 Å². The average molecular weight is 499 g/mol. The maximum atomic E-state index is 14.4. The van der Waals surface area contributed by atoms with Crippen LogP contribution in [0, 0.1) is 11.7 Å². The number of nitrogens with two attached hydrogens (primary N) is 1. The second-order valence-corrected chi connectivity index (χ2v) is 9.62. The van der Waals surface area contributed by atoms with Gasteiger partial charge in [-0.2, -0.15) is 4.39 Å². The molecule has 0 aliphatic carbocycles. The molecule has 5 N–H and O–H groups in total. The van der Waals surface area contributed by atoms with Crippen LogP contribution in [-0.4, -0.2) is 69.6 Å². The number of hydrogen-bond acceptors (Lipinski definition) is 8. The Hall–Kier alpha value is -1.91. The number of hydrogen-bond donors (Lipinski definition) is 4. The van der Waals surface area contributed by atoms with Crippen LogP contribution in [0.15, 0.2) is 24.5 Å². The van der Waals surface area contributed by atoms with Gasteiger partial charge in [-0.3, -0.25) is 4.90 Å². The van der Waals surface area contributed by atoms with Crippen molar-refractivity contribution in [3.05, 3.63) is 40.4 Å². The zero-order chi connectivity index (χ0) is 23.5. The molecule has 3 heterocycles. The molecular weight excluding hydrogens is 470 g/mol. The molecule has 0 bridgehead atoms. The third-order valence-corrected chi connectivity index (χ3v) is 6.92. The number of nitrogen functional groups attached to an aromatic ring is 1. The maximum absolute atomic E-state index is 14.4. The quantitative estimate of drug-likeness (QED) is 0.480. The SMILES string of the molecule is Nc1ncnc(N2CC[C@H](O)[C@@H](CCN3CCCC(Nc4cc(Cl)cc(Cl)c4)C3O)C2)c1F. The van der Waals surface area contributed by atoms with E-state index in [4.69, 9.17) is 28.9 Å². The lowest BCUT2D eigenvalue weighted by atomic mass is 9.91. The van der Waals surface area contributed by atoms with E-state index in [1.807, 2.05) is 9.80 Å². The van der Waals surface area contributed by atoms with E-state index in [2.05, 4.69) is 15.3 Å². The summed E-state index contributed by atoms with van der Waals surface area (Å²) in [4.78, 5) is 11.6. The van der Waals surface area contributed by atoms with Crippen molar-refractivity contribution in [2.45, 2.75) is 44.1 Å². The second-order valence-electron chi connectivity index (χ2n) is 8.75. The number of benzene rings is 1. The molecule has 2 fully saturated rings. The van der Waals surface area contributed by atoms with Gasteiger partial charge in [0.25, 0.3) is 0 Å². The minimum atomic E-state index is -0.688. The summed E-state index contributed by atoms with van der Waals surface area (Å²) in [5.74, 6) is -0.726. The highest BCUT2D eigenvalue weighted by molar-refractivity contribution is 6.35. The molecule has 180 valence electrons. The summed E-state index contributed by atoms with van der Waals surface area (Å²) in [6.07, 6.45) is 2.98. The van der Waals surface area contributed by atoms with Crippen molar-refractivity contribution in [2.75, 3.05) is 42.1 Å². The first kappa shape index (κ1) is 24.2. The van der Waals surface area contributed by atoms with Crippen LogP contribution in [0.5, 0.6) is 0 Å². The molecule has 4 rings (SSSR count). The Labute approximate surface area is 202 Å². The maximum Gasteiger partial charge on any atom is 0.207 e. The molecule has 2 unspecified atom stereocenters. The van der Waals surface area contributed by atoms with Gasteiger partial charge in [-0.1, -0.05) is 23.2 Å². The summed E-state index contributed by atoms with van der Waals surface area (Å²) in [6.45, 7) is 2.32. The van der Waals surface area contributed by atoms with E-state index in [9.17, 15) is 14.6 Å². The number of aliphatic hydroxyl groups excluding tert-OH is 2. The average Bonchev–Trinajstić information content (AvgIpc) is 2.77. The zero-order valence-electron chi connectivity index (χ0n) is 18.2. The number of nitrogens with zero attached hydrogens (tertiary/aromatic N) is 4. The van der Waals surface area contributed by atoms with Crippen LogP contribution in [0.25, 0.3) is 0 Å². The van der Waals surface area contributed by atoms with E-state index in [0.29, 0.717) is 42.5 Å². The smallest absolute Gasteiger partial charge is 0.207 e. The number of aromatic nitrogens is 2. The van der Waals surface area contributed by atoms with E-state index < -0.39 is 18.1 Å². The molecule has 33 heavy (non-hydrogen) atoms. The third kappa shape index (κ3) is 5.78. The molecule has 4 atom stereocenters. The number of likely N-dealkylation sites (tertiary alicyclic amines) is 1. The van der Waals surface area contributed by atoms with Crippen molar-refractivity contribution < 1.29 is 14.6 Å². The standard InChI is InChI=1S/C22H29Cl2FN6O2/c23-14-8-15(24)10-16(9-14)29-17-2-1-5-30(22(17)33)6-3-13-11-31(7-4-18(13)32)21-19(25)20(26)27-12-28-21/h8-10,12-13,17-18,22,29,32-33H,1-7,11H2,(H2,26,27,28)/t13-,17?,18-,22?/m0/s1. The largest absolute Gasteiger partial charge is 0.393 e. The number of rotatable bonds is 6. The van der Waals surface area contributed by atoms with Gasteiger partial charge >= 0.3 is 0 Å². The molecule has 1 aromatic carbocycles. The Kier molecular flexibility index (Phi) is 7.76. The number of nitrogens with one attached hydrogen (secondary N) is 1. The van der Waals surface area contributed by atoms with Gasteiger partial charge in [-0.25, -0.2) is 9.97 Å². The fourth-order valence-corrected chi connectivity index (χ4v) is 5.24. The summed E-state index contributed by atoms with van der Waals surface area (Å²) in [5, 5.41) is 25.9. The van der Waals surface area contributed by atoms with Crippen molar-refractivity contribution in [3.63, 3.8) is 0 Å². The predicted octanol–water partition coefficient (Wildman–Crippen LogP) is 2.98. The molecule has 0 radical (unpaired) electrons. The molecule has 2 saturated heterocycles. The number of piperidine rings is 2. The molecule has 0 spiro atoms. The molecule has 1 aromatic heterocycles. The van der Waals surface area contributed by atoms with Crippen molar-refractivity contribution in [1.29, 1.82) is 0 Å². The van der Waals surface area contributed by atoms with Crippen LogP contribution in [-0.2, 0) is 0 Å². The molecule has 0 saturated carbocycles.